The van der Waals surface area contributed by atoms with Crippen LogP contribution in [0, 0.1) is 5.41 Å². The highest BCUT2D eigenvalue weighted by Crippen LogP contribution is 2.24. The number of carbonyl (C=O) groups is 2. The molecule has 0 fully saturated rings. The van der Waals surface area contributed by atoms with Crippen molar-refractivity contribution in [3.63, 3.8) is 0 Å². The molecule has 0 radical (unpaired) electrons. The van der Waals surface area contributed by atoms with Gasteiger partial charge in [0.1, 0.15) is 11.7 Å². The zero-order chi connectivity index (χ0) is 12.9. The minimum atomic E-state index is -1.13. The molecule has 94 valence electrons. The fourth-order valence-electron chi connectivity index (χ4n) is 1.01. The second-order valence-electron chi connectivity index (χ2n) is 3.86. The van der Waals surface area contributed by atoms with Crippen molar-refractivity contribution in [1.29, 1.82) is 0 Å². The Balaban J connectivity index is 2.53. The van der Waals surface area contributed by atoms with Gasteiger partial charge in [-0.25, -0.2) is 4.98 Å². The van der Waals surface area contributed by atoms with Crippen molar-refractivity contribution in [2.75, 3.05) is 12.4 Å². The first kappa shape index (κ1) is 13.8. The summed E-state index contributed by atoms with van der Waals surface area (Å²) in [5, 5.41) is 0.415. The molecule has 0 unspecified atom stereocenters. The van der Waals surface area contributed by atoms with E-state index in [0.29, 0.717) is 5.22 Å². The van der Waals surface area contributed by atoms with E-state index < -0.39 is 11.4 Å². The summed E-state index contributed by atoms with van der Waals surface area (Å²) >= 11 is 1.16. The highest BCUT2D eigenvalue weighted by Gasteiger charge is 2.37. The zero-order valence-electron chi connectivity index (χ0n) is 10.1. The summed E-state index contributed by atoms with van der Waals surface area (Å²) in [7, 11) is 0. The minimum absolute atomic E-state index is 0.131. The van der Waals surface area contributed by atoms with Crippen LogP contribution in [0.4, 0.5) is 0 Å². The quantitative estimate of drug-likeness (QED) is 0.440. The van der Waals surface area contributed by atoms with Crippen LogP contribution in [0.1, 0.15) is 20.8 Å². The van der Waals surface area contributed by atoms with E-state index in [0.717, 1.165) is 11.8 Å². The number of oxazole rings is 1. The van der Waals surface area contributed by atoms with Gasteiger partial charge in [0, 0.05) is 0 Å². The Morgan fingerprint density at radius 3 is 2.76 bits per heavy atom. The average Bonchev–Trinajstić information content (AvgIpc) is 2.78. The number of nitrogens with zero attached hydrogens (tertiary/aromatic N) is 1. The van der Waals surface area contributed by atoms with Gasteiger partial charge in [-0.15, -0.1) is 0 Å². The number of carbonyl (C=O) groups excluding carboxylic acids is 2. The summed E-state index contributed by atoms with van der Waals surface area (Å²) in [6.07, 6.45) is 2.94. The second-order valence-corrected chi connectivity index (χ2v) is 4.78. The predicted octanol–water partition coefficient (Wildman–Crippen LogP) is 1.93. The molecule has 0 aliphatic rings. The van der Waals surface area contributed by atoms with Gasteiger partial charge in [0.05, 0.1) is 18.6 Å². The molecule has 0 amide bonds. The number of ether oxygens (including phenoxy) is 1. The topological polar surface area (TPSA) is 69.4 Å². The standard InChI is InChI=1S/C11H15NO4S/c1-4-15-9(14)11(2,3)8(13)7-17-10-12-5-6-16-10/h5-6H,4,7H2,1-3H3. The van der Waals surface area contributed by atoms with E-state index in [-0.39, 0.29) is 18.1 Å². The van der Waals surface area contributed by atoms with Crippen LogP contribution in [-0.2, 0) is 14.3 Å². The lowest BCUT2D eigenvalue weighted by Crippen LogP contribution is -2.36. The maximum absolute atomic E-state index is 11.9. The van der Waals surface area contributed by atoms with Gasteiger partial charge in [-0.2, -0.15) is 0 Å². The van der Waals surface area contributed by atoms with E-state index >= 15 is 0 Å². The molecule has 0 saturated heterocycles. The monoisotopic (exact) mass is 257 g/mol. The Morgan fingerprint density at radius 1 is 1.53 bits per heavy atom. The Kier molecular flexibility index (Phi) is 4.74. The molecule has 6 heteroatoms. The number of hydrogen-bond donors (Lipinski definition) is 0. The van der Waals surface area contributed by atoms with Gasteiger partial charge in [0.25, 0.3) is 5.22 Å². The highest BCUT2D eigenvalue weighted by atomic mass is 32.2. The SMILES string of the molecule is CCOC(=O)C(C)(C)C(=O)CSc1ncco1. The Morgan fingerprint density at radius 2 is 2.24 bits per heavy atom. The fraction of sp³-hybridized carbons (Fsp3) is 0.545. The summed E-state index contributed by atoms with van der Waals surface area (Å²) < 4.78 is 9.84. The number of aromatic nitrogens is 1. The fourth-order valence-corrected chi connectivity index (χ4v) is 1.89. The maximum Gasteiger partial charge on any atom is 0.319 e. The van der Waals surface area contributed by atoms with E-state index in [2.05, 4.69) is 4.98 Å². The number of esters is 1. The predicted molar refractivity (Wildman–Crippen MR) is 62.6 cm³/mol. The van der Waals surface area contributed by atoms with Crippen LogP contribution >= 0.6 is 11.8 Å². The zero-order valence-corrected chi connectivity index (χ0v) is 10.9. The molecule has 0 atom stereocenters. The number of hydrogen-bond acceptors (Lipinski definition) is 6. The summed E-state index contributed by atoms with van der Waals surface area (Å²) in [6, 6.07) is 0. The van der Waals surface area contributed by atoms with Crippen molar-refractivity contribution >= 4 is 23.5 Å². The summed E-state index contributed by atoms with van der Waals surface area (Å²) in [6.45, 7) is 5.09. The van der Waals surface area contributed by atoms with Gasteiger partial charge < -0.3 is 9.15 Å². The number of ketones is 1. The van der Waals surface area contributed by atoms with Gasteiger partial charge in [0.2, 0.25) is 0 Å². The molecule has 0 aromatic carbocycles. The van der Waals surface area contributed by atoms with E-state index in [1.54, 1.807) is 20.8 Å². The van der Waals surface area contributed by atoms with Crippen molar-refractivity contribution in [1.82, 2.24) is 4.98 Å². The summed E-state index contributed by atoms with van der Waals surface area (Å²) in [5.41, 5.74) is -1.13. The molecule has 1 aromatic heterocycles. The van der Waals surface area contributed by atoms with Crippen molar-refractivity contribution in [2.45, 2.75) is 26.0 Å². The summed E-state index contributed by atoms with van der Waals surface area (Å²) in [5.74, 6) is -0.580. The molecule has 0 bridgehead atoms. The Hall–Kier alpha value is -1.30. The Bertz CT molecular complexity index is 386. The lowest BCUT2D eigenvalue weighted by molar-refractivity contribution is -0.157. The molecule has 1 heterocycles. The molecule has 1 rings (SSSR count). The van der Waals surface area contributed by atoms with Crippen LogP contribution in [0.25, 0.3) is 0 Å². The van der Waals surface area contributed by atoms with E-state index in [9.17, 15) is 9.59 Å². The average molecular weight is 257 g/mol. The van der Waals surface area contributed by atoms with E-state index in [1.165, 1.54) is 12.5 Å². The third-order valence-electron chi connectivity index (χ3n) is 2.22. The highest BCUT2D eigenvalue weighted by molar-refractivity contribution is 7.99. The van der Waals surface area contributed by atoms with Crippen LogP contribution in [0.2, 0.25) is 0 Å². The Labute approximate surface area is 104 Å². The van der Waals surface area contributed by atoms with Crippen LogP contribution in [0.3, 0.4) is 0 Å². The molecular weight excluding hydrogens is 242 g/mol. The maximum atomic E-state index is 11.9. The molecule has 0 N–H and O–H groups in total. The minimum Gasteiger partial charge on any atom is -0.465 e. The van der Waals surface area contributed by atoms with Crippen molar-refractivity contribution in [3.8, 4) is 0 Å². The van der Waals surface area contributed by atoms with Crippen LogP contribution in [-0.4, -0.2) is 29.1 Å². The van der Waals surface area contributed by atoms with Gasteiger partial charge >= 0.3 is 5.97 Å². The number of thioether (sulfide) groups is 1. The molecule has 5 nitrogen and oxygen atoms in total. The molecule has 0 spiro atoms. The smallest absolute Gasteiger partial charge is 0.319 e. The van der Waals surface area contributed by atoms with E-state index in [1.807, 2.05) is 0 Å². The first-order chi connectivity index (χ1) is 7.98. The van der Waals surface area contributed by atoms with Gasteiger partial charge in [-0.05, 0) is 20.8 Å². The van der Waals surface area contributed by atoms with E-state index in [4.69, 9.17) is 9.15 Å². The summed E-state index contributed by atoms with van der Waals surface area (Å²) in [4.78, 5) is 27.3. The number of rotatable bonds is 6. The first-order valence-corrected chi connectivity index (χ1v) is 6.20. The van der Waals surface area contributed by atoms with Gasteiger partial charge in [-0.1, -0.05) is 11.8 Å². The van der Waals surface area contributed by atoms with Gasteiger partial charge in [-0.3, -0.25) is 9.59 Å². The molecule has 0 aliphatic carbocycles. The lowest BCUT2D eigenvalue weighted by atomic mass is 9.89. The third kappa shape index (κ3) is 3.59. The van der Waals surface area contributed by atoms with Crippen LogP contribution < -0.4 is 0 Å². The third-order valence-corrected chi connectivity index (χ3v) is 3.07. The molecule has 17 heavy (non-hydrogen) atoms. The molecule has 0 saturated carbocycles. The lowest BCUT2D eigenvalue weighted by Gasteiger charge is -2.19. The normalized spacial score (nSPS) is 11.2. The van der Waals surface area contributed by atoms with Gasteiger partial charge in [0.15, 0.2) is 5.78 Å². The molecular formula is C11H15NO4S. The van der Waals surface area contributed by atoms with Crippen LogP contribution in [0.5, 0.6) is 0 Å². The second kappa shape index (κ2) is 5.86. The largest absolute Gasteiger partial charge is 0.465 e. The van der Waals surface area contributed by atoms with Crippen molar-refractivity contribution in [2.24, 2.45) is 5.41 Å². The van der Waals surface area contributed by atoms with Crippen LogP contribution in [0.15, 0.2) is 22.1 Å². The number of Topliss-reactive ketones (excluding diaryl/α,β-unsaturated/α-hetero) is 1. The molecule has 1 aromatic rings. The van der Waals surface area contributed by atoms with Crippen molar-refractivity contribution < 1.29 is 18.7 Å². The molecule has 0 aliphatic heterocycles. The first-order valence-electron chi connectivity index (χ1n) is 5.21. The van der Waals surface area contributed by atoms with Crippen molar-refractivity contribution in [3.05, 3.63) is 12.5 Å².